The van der Waals surface area contributed by atoms with E-state index < -0.39 is 17.8 Å². The van der Waals surface area contributed by atoms with Crippen molar-refractivity contribution in [2.45, 2.75) is 6.17 Å². The summed E-state index contributed by atoms with van der Waals surface area (Å²) in [5.74, 6) is 0. The summed E-state index contributed by atoms with van der Waals surface area (Å²) in [6.45, 7) is -1.11. The van der Waals surface area contributed by atoms with E-state index in [9.17, 15) is 18.9 Å². The maximum atomic E-state index is 12.7. The maximum Gasteiger partial charge on any atom is 0.269 e. The molecule has 0 amide bonds. The Bertz CT molecular complexity index is 300. The van der Waals surface area contributed by atoms with Crippen LogP contribution < -0.4 is 0 Å². The first-order valence-corrected chi connectivity index (χ1v) is 3.59. The highest BCUT2D eigenvalue weighted by atomic mass is 19.2. The number of nitrogens with zero attached hydrogens (tertiary/aromatic N) is 1. The number of hydrogen-bond acceptors (Lipinski definition) is 2. The molecule has 1 aromatic carbocycles. The molecule has 1 atom stereocenters. The maximum absolute atomic E-state index is 12.7. The second kappa shape index (κ2) is 3.93. The van der Waals surface area contributed by atoms with Gasteiger partial charge in [0.1, 0.15) is 6.67 Å². The van der Waals surface area contributed by atoms with Gasteiger partial charge in [-0.3, -0.25) is 10.1 Å². The minimum absolute atomic E-state index is 0.119. The van der Waals surface area contributed by atoms with Crippen LogP contribution in [0.4, 0.5) is 14.5 Å². The molecule has 0 spiro atoms. The Morgan fingerprint density at radius 2 is 1.92 bits per heavy atom. The molecule has 0 aromatic heterocycles. The van der Waals surface area contributed by atoms with Gasteiger partial charge in [0.2, 0.25) is 0 Å². The van der Waals surface area contributed by atoms with Gasteiger partial charge in [-0.1, -0.05) is 0 Å². The smallest absolute Gasteiger partial charge is 0.258 e. The van der Waals surface area contributed by atoms with Crippen molar-refractivity contribution in [3.8, 4) is 0 Å². The van der Waals surface area contributed by atoms with Crippen LogP contribution in [-0.2, 0) is 0 Å². The minimum atomic E-state index is -1.69. The highest BCUT2D eigenvalue weighted by molar-refractivity contribution is 5.33. The Morgan fingerprint density at radius 3 is 2.31 bits per heavy atom. The second-order valence-corrected chi connectivity index (χ2v) is 2.47. The van der Waals surface area contributed by atoms with E-state index in [1.807, 2.05) is 0 Å². The number of benzene rings is 1. The summed E-state index contributed by atoms with van der Waals surface area (Å²) in [5.41, 5.74) is -0.0112. The van der Waals surface area contributed by atoms with Gasteiger partial charge >= 0.3 is 0 Å². The van der Waals surface area contributed by atoms with Crippen molar-refractivity contribution in [3.63, 3.8) is 0 Å². The van der Waals surface area contributed by atoms with Gasteiger partial charge in [0, 0.05) is 12.1 Å². The number of hydrogen-bond donors (Lipinski definition) is 0. The molecule has 0 aliphatic carbocycles. The minimum Gasteiger partial charge on any atom is -0.258 e. The highest BCUT2D eigenvalue weighted by Crippen LogP contribution is 2.20. The first kappa shape index (κ1) is 9.57. The molecule has 0 aliphatic rings. The molecule has 13 heavy (non-hydrogen) atoms. The summed E-state index contributed by atoms with van der Waals surface area (Å²) < 4.78 is 24.5. The van der Waals surface area contributed by atoms with Crippen LogP contribution in [0.3, 0.4) is 0 Å². The normalized spacial score (nSPS) is 12.5. The molecular weight excluding hydrogens is 180 g/mol. The highest BCUT2D eigenvalue weighted by Gasteiger charge is 2.10. The van der Waals surface area contributed by atoms with E-state index in [0.717, 1.165) is 12.1 Å². The monoisotopic (exact) mass is 187 g/mol. The van der Waals surface area contributed by atoms with Gasteiger partial charge in [-0.05, 0) is 17.7 Å². The van der Waals surface area contributed by atoms with Crippen LogP contribution >= 0.6 is 0 Å². The fourth-order valence-corrected chi connectivity index (χ4v) is 0.894. The lowest BCUT2D eigenvalue weighted by Crippen LogP contribution is -1.94. The van der Waals surface area contributed by atoms with Crippen molar-refractivity contribution in [2.75, 3.05) is 6.67 Å². The lowest BCUT2D eigenvalue weighted by molar-refractivity contribution is -0.384. The Hall–Kier alpha value is -1.52. The molecule has 1 unspecified atom stereocenters. The summed E-state index contributed by atoms with van der Waals surface area (Å²) in [6.07, 6.45) is -1.69. The number of nitro benzene ring substituents is 1. The van der Waals surface area contributed by atoms with Crippen LogP contribution in [-0.4, -0.2) is 11.6 Å². The second-order valence-electron chi connectivity index (χ2n) is 2.47. The molecule has 1 aromatic rings. The topological polar surface area (TPSA) is 43.1 Å². The van der Waals surface area contributed by atoms with Crippen molar-refractivity contribution in [1.82, 2.24) is 0 Å². The number of rotatable bonds is 3. The van der Waals surface area contributed by atoms with E-state index in [1.165, 1.54) is 12.1 Å². The van der Waals surface area contributed by atoms with Gasteiger partial charge in [0.05, 0.1) is 4.92 Å². The van der Waals surface area contributed by atoms with Gasteiger partial charge in [-0.2, -0.15) is 0 Å². The first-order valence-electron chi connectivity index (χ1n) is 3.59. The average Bonchev–Trinajstić information content (AvgIpc) is 2.17. The van der Waals surface area contributed by atoms with E-state index in [-0.39, 0.29) is 11.3 Å². The van der Waals surface area contributed by atoms with Crippen LogP contribution in [0.15, 0.2) is 24.3 Å². The van der Waals surface area contributed by atoms with Gasteiger partial charge in [0.15, 0.2) is 6.17 Å². The molecule has 0 saturated carbocycles. The number of alkyl halides is 2. The molecule has 0 aliphatic heterocycles. The Kier molecular flexibility index (Phi) is 2.89. The molecule has 70 valence electrons. The summed E-state index contributed by atoms with van der Waals surface area (Å²) in [6, 6.07) is 4.72. The number of halogens is 2. The van der Waals surface area contributed by atoms with E-state index in [1.54, 1.807) is 0 Å². The van der Waals surface area contributed by atoms with E-state index in [2.05, 4.69) is 0 Å². The quantitative estimate of drug-likeness (QED) is 0.539. The first-order chi connectivity index (χ1) is 6.15. The van der Waals surface area contributed by atoms with Crippen LogP contribution in [0.5, 0.6) is 0 Å². The summed E-state index contributed by atoms with van der Waals surface area (Å²) >= 11 is 0. The molecule has 3 nitrogen and oxygen atoms in total. The molecule has 0 fully saturated rings. The summed E-state index contributed by atoms with van der Waals surface area (Å²) in [4.78, 5) is 9.60. The lowest BCUT2D eigenvalue weighted by Gasteiger charge is -2.01. The van der Waals surface area contributed by atoms with Gasteiger partial charge in [-0.25, -0.2) is 8.78 Å². The fourth-order valence-electron chi connectivity index (χ4n) is 0.894. The molecule has 0 bridgehead atoms. The molecule has 0 heterocycles. The molecular formula is C8H7F2NO2. The van der Waals surface area contributed by atoms with Crippen LogP contribution in [0.25, 0.3) is 0 Å². The van der Waals surface area contributed by atoms with Crippen molar-refractivity contribution >= 4 is 5.69 Å². The molecule has 0 N–H and O–H groups in total. The average molecular weight is 187 g/mol. The molecule has 5 heteroatoms. The predicted octanol–water partition coefficient (Wildman–Crippen LogP) is 2.57. The molecule has 0 radical (unpaired) electrons. The third kappa shape index (κ3) is 2.21. The van der Waals surface area contributed by atoms with Gasteiger partial charge in [0.25, 0.3) is 5.69 Å². The fraction of sp³-hybridized carbons (Fsp3) is 0.250. The van der Waals surface area contributed by atoms with Gasteiger partial charge in [-0.15, -0.1) is 0 Å². The Morgan fingerprint density at radius 1 is 1.38 bits per heavy atom. The van der Waals surface area contributed by atoms with Crippen molar-refractivity contribution < 1.29 is 13.7 Å². The van der Waals surface area contributed by atoms with Crippen molar-refractivity contribution in [1.29, 1.82) is 0 Å². The standard InChI is InChI=1S/C8H7F2NO2/c9-5-8(10)6-1-3-7(4-2-6)11(12)13/h1-4,8H,5H2. The molecule has 1 rings (SSSR count). The van der Waals surface area contributed by atoms with Crippen LogP contribution in [0.1, 0.15) is 11.7 Å². The zero-order valence-electron chi connectivity index (χ0n) is 6.61. The lowest BCUT2D eigenvalue weighted by atomic mass is 10.1. The van der Waals surface area contributed by atoms with E-state index in [0.29, 0.717) is 0 Å². The van der Waals surface area contributed by atoms with E-state index >= 15 is 0 Å². The number of nitro groups is 1. The third-order valence-corrected chi connectivity index (χ3v) is 1.60. The van der Waals surface area contributed by atoms with Crippen LogP contribution in [0.2, 0.25) is 0 Å². The zero-order chi connectivity index (χ0) is 9.84. The largest absolute Gasteiger partial charge is 0.269 e. The van der Waals surface area contributed by atoms with Gasteiger partial charge < -0.3 is 0 Å². The number of non-ortho nitro benzene ring substituents is 1. The van der Waals surface area contributed by atoms with Crippen molar-refractivity contribution in [2.24, 2.45) is 0 Å². The summed E-state index contributed by atoms with van der Waals surface area (Å²) in [5, 5.41) is 10.2. The Balaban J connectivity index is 2.87. The Labute approximate surface area is 73.1 Å². The zero-order valence-corrected chi connectivity index (χ0v) is 6.61. The van der Waals surface area contributed by atoms with Crippen molar-refractivity contribution in [3.05, 3.63) is 39.9 Å². The van der Waals surface area contributed by atoms with E-state index in [4.69, 9.17) is 0 Å². The SMILES string of the molecule is O=[N+]([O-])c1ccc(C(F)CF)cc1. The third-order valence-electron chi connectivity index (χ3n) is 1.60. The summed E-state index contributed by atoms with van der Waals surface area (Å²) in [7, 11) is 0. The molecule has 0 saturated heterocycles. The van der Waals surface area contributed by atoms with Crippen LogP contribution in [0, 0.1) is 10.1 Å². The predicted molar refractivity (Wildman–Crippen MR) is 42.9 cm³/mol.